The van der Waals surface area contributed by atoms with E-state index in [1.54, 1.807) is 24.3 Å². The number of aromatic hydroxyl groups is 1. The smallest absolute Gasteiger partial charge is 0.251 e. The van der Waals surface area contributed by atoms with E-state index >= 15 is 0 Å². The second-order valence-corrected chi connectivity index (χ2v) is 10.8. The molecule has 0 aliphatic carbocycles. The minimum absolute atomic E-state index is 0. The molecule has 1 saturated heterocycles. The highest BCUT2D eigenvalue weighted by molar-refractivity contribution is 5.95. The summed E-state index contributed by atoms with van der Waals surface area (Å²) < 4.78 is 0. The van der Waals surface area contributed by atoms with Gasteiger partial charge in [0, 0.05) is 49.8 Å². The predicted molar refractivity (Wildman–Crippen MR) is 166 cm³/mol. The van der Waals surface area contributed by atoms with Crippen molar-refractivity contribution in [1.82, 2.24) is 20.9 Å². The zero-order valence-electron chi connectivity index (χ0n) is 23.7. The van der Waals surface area contributed by atoms with E-state index in [9.17, 15) is 19.5 Å². The third kappa shape index (κ3) is 7.89. The van der Waals surface area contributed by atoms with Crippen molar-refractivity contribution in [3.05, 3.63) is 89.5 Å². The summed E-state index contributed by atoms with van der Waals surface area (Å²) in [6.45, 7) is 1.87. The van der Waals surface area contributed by atoms with Crippen LogP contribution in [0.1, 0.15) is 59.6 Å². The average Bonchev–Trinajstić information content (AvgIpc) is 3.49. The monoisotopic (exact) mass is 590 g/mol. The Morgan fingerprint density at radius 2 is 1.60 bits per heavy atom. The summed E-state index contributed by atoms with van der Waals surface area (Å²) in [5, 5.41) is 20.0. The zero-order chi connectivity index (χ0) is 28.6. The minimum Gasteiger partial charge on any atom is -0.507 e. The molecule has 8 nitrogen and oxygen atoms in total. The molecule has 2 atom stereocenters. The lowest BCUT2D eigenvalue weighted by atomic mass is 9.98. The summed E-state index contributed by atoms with van der Waals surface area (Å²) in [4.78, 5) is 40.9. The fraction of sp³-hybridized carbons (Fsp3) is 0.364. The Morgan fingerprint density at radius 1 is 0.810 bits per heavy atom. The van der Waals surface area contributed by atoms with Gasteiger partial charge in [-0.25, -0.2) is 0 Å². The van der Waals surface area contributed by atoms with Gasteiger partial charge in [0.2, 0.25) is 11.8 Å². The molecule has 5 rings (SSSR count). The summed E-state index contributed by atoms with van der Waals surface area (Å²) in [7, 11) is 0. The van der Waals surface area contributed by atoms with Gasteiger partial charge in [0.25, 0.3) is 5.91 Å². The van der Waals surface area contributed by atoms with Gasteiger partial charge in [0.05, 0.1) is 6.04 Å². The highest BCUT2D eigenvalue weighted by Gasteiger charge is 2.32. The van der Waals surface area contributed by atoms with Crippen molar-refractivity contribution in [3.8, 4) is 16.9 Å². The third-order valence-corrected chi connectivity index (χ3v) is 7.91. The van der Waals surface area contributed by atoms with Crippen LogP contribution in [0.15, 0.2) is 72.8 Å². The molecule has 0 unspecified atom stereocenters. The Labute approximate surface area is 253 Å². The molecule has 3 amide bonds. The van der Waals surface area contributed by atoms with Gasteiger partial charge in [-0.3, -0.25) is 19.7 Å². The Kier molecular flexibility index (Phi) is 11.0. The predicted octanol–water partition coefficient (Wildman–Crippen LogP) is 4.38. The lowest BCUT2D eigenvalue weighted by molar-refractivity contribution is -0.133. The van der Waals surface area contributed by atoms with E-state index in [2.05, 4.69) is 28.1 Å². The molecular weight excluding hydrogens is 552 g/mol. The van der Waals surface area contributed by atoms with Crippen molar-refractivity contribution in [2.75, 3.05) is 26.2 Å². The molecule has 3 aromatic rings. The first-order valence-electron chi connectivity index (χ1n) is 14.5. The molecule has 9 heteroatoms. The summed E-state index contributed by atoms with van der Waals surface area (Å²) in [6.07, 6.45) is 3.76. The molecule has 3 aromatic carbocycles. The standard InChI is InChI=1S/C33H38N4O4.ClH/c38-30-15-12-23-16-18-34-31(39)11-5-19-37(33(41)29-14-13-28(36-29)24-7-2-1-3-8-24)20-6-17-35-32(40)26-10-4-9-25(22-26)27(30)21-23;/h1-4,7-10,12,15,21-22,28-29,36,38H,5-6,11,13-14,16-20H2,(H,34,39)(H,35,40);1H/t28-,29-;/m1./s1. The molecule has 2 aliphatic rings. The number of fused-ring (bicyclic) bond motifs is 5. The molecular formula is C33H39ClN4O4. The first-order chi connectivity index (χ1) is 20.0. The Balaban J connectivity index is 0.00000405. The molecule has 2 aliphatic heterocycles. The van der Waals surface area contributed by atoms with Crippen LogP contribution >= 0.6 is 12.4 Å². The second kappa shape index (κ2) is 14.8. The molecule has 4 bridgehead atoms. The topological polar surface area (TPSA) is 111 Å². The quantitative estimate of drug-likeness (QED) is 0.354. The molecule has 0 saturated carbocycles. The van der Waals surface area contributed by atoms with E-state index in [4.69, 9.17) is 0 Å². The van der Waals surface area contributed by atoms with Crippen LogP contribution in [0.3, 0.4) is 0 Å². The third-order valence-electron chi connectivity index (χ3n) is 7.91. The van der Waals surface area contributed by atoms with Crippen molar-refractivity contribution >= 4 is 30.1 Å². The highest BCUT2D eigenvalue weighted by Crippen LogP contribution is 2.31. The van der Waals surface area contributed by atoms with Crippen molar-refractivity contribution in [2.45, 2.75) is 50.6 Å². The van der Waals surface area contributed by atoms with E-state index < -0.39 is 0 Å². The van der Waals surface area contributed by atoms with E-state index in [1.165, 1.54) is 5.56 Å². The fourth-order valence-electron chi connectivity index (χ4n) is 5.68. The SMILES string of the molecule is Cl.O=C1CCCN(C(=O)[C@H]2CC[C@H](c3ccccc3)N2)CCCNC(=O)c2cccc(c2)-c2cc(ccc2O)CCN1. The zero-order valence-corrected chi connectivity index (χ0v) is 24.5. The molecule has 2 heterocycles. The summed E-state index contributed by atoms with van der Waals surface area (Å²) >= 11 is 0. The van der Waals surface area contributed by atoms with Gasteiger partial charge in [0.1, 0.15) is 5.75 Å². The van der Waals surface area contributed by atoms with Gasteiger partial charge in [-0.1, -0.05) is 48.5 Å². The van der Waals surface area contributed by atoms with Gasteiger partial charge < -0.3 is 20.6 Å². The highest BCUT2D eigenvalue weighted by atomic mass is 35.5. The van der Waals surface area contributed by atoms with E-state index in [0.29, 0.717) is 63.0 Å². The van der Waals surface area contributed by atoms with Crippen LogP contribution < -0.4 is 16.0 Å². The van der Waals surface area contributed by atoms with Gasteiger partial charge >= 0.3 is 0 Å². The van der Waals surface area contributed by atoms with Crippen molar-refractivity contribution in [2.24, 2.45) is 0 Å². The Bertz CT molecular complexity index is 1380. The Hall–Kier alpha value is -3.88. The maximum Gasteiger partial charge on any atom is 0.251 e. The number of hydrogen-bond donors (Lipinski definition) is 4. The van der Waals surface area contributed by atoms with Gasteiger partial charge in [-0.15, -0.1) is 12.4 Å². The molecule has 42 heavy (non-hydrogen) atoms. The number of carbonyl (C=O) groups excluding carboxylic acids is 3. The van der Waals surface area contributed by atoms with Crippen LogP contribution in [0.5, 0.6) is 5.75 Å². The van der Waals surface area contributed by atoms with Gasteiger partial charge in [0.15, 0.2) is 0 Å². The first kappa shape index (κ1) is 31.1. The minimum atomic E-state index is -0.264. The van der Waals surface area contributed by atoms with E-state index in [-0.39, 0.29) is 48.0 Å². The maximum absolute atomic E-state index is 13.6. The average molecular weight is 591 g/mol. The fourth-order valence-corrected chi connectivity index (χ4v) is 5.68. The van der Waals surface area contributed by atoms with Crippen LogP contribution in [0, 0.1) is 0 Å². The van der Waals surface area contributed by atoms with Crippen molar-refractivity contribution < 1.29 is 19.5 Å². The normalized spacial score (nSPS) is 20.2. The molecule has 0 spiro atoms. The number of hydrogen-bond acceptors (Lipinski definition) is 5. The van der Waals surface area contributed by atoms with Crippen LogP contribution in [0.25, 0.3) is 11.1 Å². The molecule has 0 radical (unpaired) electrons. The lowest BCUT2D eigenvalue weighted by Gasteiger charge is -2.26. The molecule has 4 N–H and O–H groups in total. The molecule has 1 fully saturated rings. The summed E-state index contributed by atoms with van der Waals surface area (Å²) in [5.74, 6) is -0.0562. The number of rotatable bonds is 2. The Morgan fingerprint density at radius 3 is 2.43 bits per heavy atom. The van der Waals surface area contributed by atoms with E-state index in [1.807, 2.05) is 41.3 Å². The maximum atomic E-state index is 13.6. The van der Waals surface area contributed by atoms with Crippen LogP contribution in [0.2, 0.25) is 0 Å². The molecule has 0 aromatic heterocycles. The lowest BCUT2D eigenvalue weighted by Crippen LogP contribution is -2.45. The van der Waals surface area contributed by atoms with Crippen LogP contribution in [-0.2, 0) is 16.0 Å². The molecule has 222 valence electrons. The number of benzene rings is 3. The first-order valence-corrected chi connectivity index (χ1v) is 14.5. The number of phenols is 1. The number of phenolic OH excluding ortho intramolecular Hbond substituents is 1. The van der Waals surface area contributed by atoms with Crippen molar-refractivity contribution in [1.29, 1.82) is 0 Å². The van der Waals surface area contributed by atoms with Gasteiger partial charge in [-0.2, -0.15) is 0 Å². The number of nitrogens with zero attached hydrogens (tertiary/aromatic N) is 1. The number of carbonyl (C=O) groups is 3. The second-order valence-electron chi connectivity index (χ2n) is 10.8. The van der Waals surface area contributed by atoms with Crippen LogP contribution in [-0.4, -0.2) is 59.9 Å². The van der Waals surface area contributed by atoms with Crippen molar-refractivity contribution in [3.63, 3.8) is 0 Å². The summed E-state index contributed by atoms with van der Waals surface area (Å²) in [5.41, 5.74) is 4.05. The van der Waals surface area contributed by atoms with Gasteiger partial charge in [-0.05, 0) is 73.1 Å². The number of amides is 3. The van der Waals surface area contributed by atoms with E-state index in [0.717, 1.165) is 24.0 Å². The van der Waals surface area contributed by atoms with Crippen LogP contribution in [0.4, 0.5) is 0 Å². The summed E-state index contributed by atoms with van der Waals surface area (Å²) in [6, 6.07) is 22.6. The number of halogens is 1. The number of nitrogens with one attached hydrogen (secondary N) is 3. The largest absolute Gasteiger partial charge is 0.507 e.